The summed E-state index contributed by atoms with van der Waals surface area (Å²) < 4.78 is 2.13. The fraction of sp³-hybridized carbons (Fsp3) is 0.435. The van der Waals surface area contributed by atoms with Crippen molar-refractivity contribution in [1.29, 1.82) is 0 Å². The molecule has 0 spiro atoms. The molecule has 5 nitrogen and oxygen atoms in total. The van der Waals surface area contributed by atoms with Gasteiger partial charge in [0, 0.05) is 28.1 Å². The van der Waals surface area contributed by atoms with Crippen molar-refractivity contribution in [1.82, 2.24) is 14.8 Å². The second-order valence-electron chi connectivity index (χ2n) is 8.09. The number of benzene rings is 1. The number of amides is 1. The zero-order valence-corrected chi connectivity index (χ0v) is 19.6. The standard InChI is InChI=1S/C23H28N4OS2/c1-5-27-22(19-12-29-20-10-14(2)6-9-18(19)20)25-26-23(27)30-13-21(28)24-17-8-7-15(3)16(4)11-17/h7-8,11-12,14H,5-6,9-10,13H2,1-4H3,(H,24,28). The Hall–Kier alpha value is -2.12. The van der Waals surface area contributed by atoms with Crippen LogP contribution >= 0.6 is 23.1 Å². The van der Waals surface area contributed by atoms with Gasteiger partial charge in [0.1, 0.15) is 0 Å². The number of nitrogens with one attached hydrogen (secondary N) is 1. The number of anilines is 1. The zero-order valence-electron chi connectivity index (χ0n) is 18.0. The van der Waals surface area contributed by atoms with Crippen LogP contribution in [0.5, 0.6) is 0 Å². The van der Waals surface area contributed by atoms with Gasteiger partial charge in [-0.3, -0.25) is 4.79 Å². The van der Waals surface area contributed by atoms with E-state index in [-0.39, 0.29) is 5.91 Å². The van der Waals surface area contributed by atoms with Crippen molar-refractivity contribution >= 4 is 34.7 Å². The highest BCUT2D eigenvalue weighted by molar-refractivity contribution is 7.99. The van der Waals surface area contributed by atoms with Crippen LogP contribution < -0.4 is 5.32 Å². The summed E-state index contributed by atoms with van der Waals surface area (Å²) in [6.45, 7) is 9.33. The molecule has 0 fully saturated rings. The molecule has 2 aromatic heterocycles. The molecule has 3 aromatic rings. The van der Waals surface area contributed by atoms with Crippen LogP contribution in [-0.2, 0) is 24.2 Å². The fourth-order valence-electron chi connectivity index (χ4n) is 3.89. The summed E-state index contributed by atoms with van der Waals surface area (Å²) in [6.07, 6.45) is 3.52. The van der Waals surface area contributed by atoms with Gasteiger partial charge in [-0.05, 0) is 74.8 Å². The van der Waals surface area contributed by atoms with Crippen molar-refractivity contribution in [3.05, 3.63) is 45.1 Å². The van der Waals surface area contributed by atoms with Crippen LogP contribution in [0.3, 0.4) is 0 Å². The van der Waals surface area contributed by atoms with Gasteiger partial charge in [-0.25, -0.2) is 0 Å². The van der Waals surface area contributed by atoms with Crippen molar-refractivity contribution in [3.63, 3.8) is 0 Å². The highest BCUT2D eigenvalue weighted by Crippen LogP contribution is 2.38. The number of hydrogen-bond donors (Lipinski definition) is 1. The minimum atomic E-state index is -0.0302. The highest BCUT2D eigenvalue weighted by atomic mass is 32.2. The lowest BCUT2D eigenvalue weighted by Crippen LogP contribution is -2.15. The van der Waals surface area contributed by atoms with Crippen LogP contribution in [0.15, 0.2) is 28.7 Å². The maximum Gasteiger partial charge on any atom is 0.234 e. The molecule has 2 heterocycles. The number of thiophene rings is 1. The van der Waals surface area contributed by atoms with Gasteiger partial charge in [-0.2, -0.15) is 0 Å². The lowest BCUT2D eigenvalue weighted by Gasteiger charge is -2.19. The summed E-state index contributed by atoms with van der Waals surface area (Å²) >= 11 is 3.29. The Morgan fingerprint density at radius 2 is 2.13 bits per heavy atom. The molecule has 1 aliphatic rings. The fourth-order valence-corrected chi connectivity index (χ4v) is 5.94. The molecule has 0 aliphatic heterocycles. The molecule has 0 radical (unpaired) electrons. The van der Waals surface area contributed by atoms with Crippen LogP contribution in [0.2, 0.25) is 0 Å². The minimum Gasteiger partial charge on any atom is -0.325 e. The van der Waals surface area contributed by atoms with E-state index in [2.05, 4.69) is 53.2 Å². The molecule has 1 atom stereocenters. The summed E-state index contributed by atoms with van der Waals surface area (Å²) in [4.78, 5) is 13.9. The molecule has 158 valence electrons. The third-order valence-corrected chi connectivity index (χ3v) is 7.82. The first-order valence-electron chi connectivity index (χ1n) is 10.5. The topological polar surface area (TPSA) is 59.8 Å². The molecule has 0 bridgehead atoms. The molecule has 1 aliphatic carbocycles. The SMILES string of the molecule is CCn1c(SCC(=O)Nc2ccc(C)c(C)c2)nnc1-c1csc2c1CCC(C)C2. The van der Waals surface area contributed by atoms with Crippen LogP contribution in [-0.4, -0.2) is 26.4 Å². The number of aromatic nitrogens is 3. The van der Waals surface area contributed by atoms with Gasteiger partial charge in [0.05, 0.1) is 5.75 Å². The van der Waals surface area contributed by atoms with Crippen LogP contribution in [0.1, 0.15) is 41.8 Å². The van der Waals surface area contributed by atoms with Crippen LogP contribution in [0, 0.1) is 19.8 Å². The third-order valence-electron chi connectivity index (χ3n) is 5.80. The Morgan fingerprint density at radius 1 is 1.30 bits per heavy atom. The van der Waals surface area contributed by atoms with Crippen molar-refractivity contribution in [3.8, 4) is 11.4 Å². The van der Waals surface area contributed by atoms with Gasteiger partial charge in [-0.1, -0.05) is 24.8 Å². The molecule has 1 unspecified atom stereocenters. The minimum absolute atomic E-state index is 0.0302. The van der Waals surface area contributed by atoms with E-state index >= 15 is 0 Å². The molecule has 1 N–H and O–H groups in total. The first-order valence-corrected chi connectivity index (χ1v) is 12.4. The van der Waals surface area contributed by atoms with Crippen molar-refractivity contribution in [2.75, 3.05) is 11.1 Å². The Labute approximate surface area is 186 Å². The quantitative estimate of drug-likeness (QED) is 0.514. The monoisotopic (exact) mass is 440 g/mol. The Kier molecular flexibility index (Phi) is 6.29. The molecule has 7 heteroatoms. The maximum atomic E-state index is 12.5. The molecule has 0 saturated heterocycles. The van der Waals surface area contributed by atoms with Gasteiger partial charge >= 0.3 is 0 Å². The predicted molar refractivity (Wildman–Crippen MR) is 125 cm³/mol. The number of carbonyl (C=O) groups is 1. The first-order chi connectivity index (χ1) is 14.5. The van der Waals surface area contributed by atoms with Crippen LogP contribution in [0.4, 0.5) is 5.69 Å². The summed E-state index contributed by atoms with van der Waals surface area (Å²) in [7, 11) is 0. The number of nitrogens with zero attached hydrogens (tertiary/aromatic N) is 3. The lowest BCUT2D eigenvalue weighted by molar-refractivity contribution is -0.113. The third kappa shape index (κ3) is 4.32. The van der Waals surface area contributed by atoms with Crippen molar-refractivity contribution < 1.29 is 4.79 Å². The number of carbonyl (C=O) groups excluding carboxylic acids is 1. The van der Waals surface area contributed by atoms with E-state index in [1.165, 1.54) is 51.7 Å². The molecular formula is C23H28N4OS2. The molecule has 30 heavy (non-hydrogen) atoms. The van der Waals surface area contributed by atoms with Gasteiger partial charge in [-0.15, -0.1) is 21.5 Å². The highest BCUT2D eigenvalue weighted by Gasteiger charge is 2.24. The number of fused-ring (bicyclic) bond motifs is 1. The van der Waals surface area contributed by atoms with Crippen LogP contribution in [0.25, 0.3) is 11.4 Å². The van der Waals surface area contributed by atoms with E-state index in [1.54, 1.807) is 0 Å². The number of rotatable bonds is 6. The maximum absolute atomic E-state index is 12.5. The summed E-state index contributed by atoms with van der Waals surface area (Å²) in [5.74, 6) is 1.97. The van der Waals surface area contributed by atoms with E-state index in [0.717, 1.165) is 35.6 Å². The predicted octanol–water partition coefficient (Wildman–Crippen LogP) is 5.50. The molecule has 1 aromatic carbocycles. The average molecular weight is 441 g/mol. The van der Waals surface area contributed by atoms with Crippen molar-refractivity contribution in [2.24, 2.45) is 5.92 Å². The zero-order chi connectivity index (χ0) is 21.3. The number of aryl methyl sites for hydroxylation is 2. The van der Waals surface area contributed by atoms with Gasteiger partial charge < -0.3 is 9.88 Å². The lowest BCUT2D eigenvalue weighted by atomic mass is 9.88. The Balaban J connectivity index is 1.46. The summed E-state index contributed by atoms with van der Waals surface area (Å²) in [5, 5.41) is 14.9. The molecule has 4 rings (SSSR count). The molecule has 1 amide bonds. The average Bonchev–Trinajstić information content (AvgIpc) is 3.31. The van der Waals surface area contributed by atoms with E-state index in [9.17, 15) is 4.79 Å². The van der Waals surface area contributed by atoms with Gasteiger partial charge in [0.25, 0.3) is 0 Å². The molecular weight excluding hydrogens is 412 g/mol. The van der Waals surface area contributed by atoms with E-state index < -0.39 is 0 Å². The summed E-state index contributed by atoms with van der Waals surface area (Å²) in [6, 6.07) is 5.98. The normalized spacial score (nSPS) is 15.8. The largest absolute Gasteiger partial charge is 0.325 e. The van der Waals surface area contributed by atoms with Gasteiger partial charge in [0.15, 0.2) is 11.0 Å². The Bertz CT molecular complexity index is 1070. The molecule has 0 saturated carbocycles. The first kappa shape index (κ1) is 21.1. The number of hydrogen-bond acceptors (Lipinski definition) is 5. The second kappa shape index (κ2) is 8.94. The van der Waals surface area contributed by atoms with E-state index in [0.29, 0.717) is 5.75 Å². The smallest absolute Gasteiger partial charge is 0.234 e. The number of thioether (sulfide) groups is 1. The Morgan fingerprint density at radius 3 is 2.90 bits per heavy atom. The van der Waals surface area contributed by atoms with Crippen molar-refractivity contribution in [2.45, 2.75) is 58.7 Å². The second-order valence-corrected chi connectivity index (χ2v) is 9.99. The summed E-state index contributed by atoms with van der Waals surface area (Å²) in [5.41, 5.74) is 5.90. The van der Waals surface area contributed by atoms with Gasteiger partial charge in [0.2, 0.25) is 5.91 Å². The van der Waals surface area contributed by atoms with E-state index in [4.69, 9.17) is 0 Å². The van der Waals surface area contributed by atoms with E-state index in [1.807, 2.05) is 29.5 Å².